The highest BCUT2D eigenvalue weighted by Gasteiger charge is 2.42. The van der Waals surface area contributed by atoms with Crippen molar-refractivity contribution < 1.29 is 9.36 Å². The SMILES string of the molecule is CC1CCN(P(=O)(NC(=O)C(Cl)Cl)N2CCC(C)CC2)CC1. The van der Waals surface area contributed by atoms with Gasteiger partial charge in [-0.3, -0.25) is 14.4 Å². The molecule has 5 nitrogen and oxygen atoms in total. The molecule has 1 amide bonds. The smallest absolute Gasteiger partial charge is 0.280 e. The molecule has 22 heavy (non-hydrogen) atoms. The van der Waals surface area contributed by atoms with E-state index in [0.29, 0.717) is 11.8 Å². The summed E-state index contributed by atoms with van der Waals surface area (Å²) in [4.78, 5) is 10.8. The van der Waals surface area contributed by atoms with Gasteiger partial charge in [-0.15, -0.1) is 0 Å². The molecule has 0 bridgehead atoms. The van der Waals surface area contributed by atoms with Crippen LogP contribution in [0.4, 0.5) is 0 Å². The van der Waals surface area contributed by atoms with E-state index in [1.807, 2.05) is 9.34 Å². The van der Waals surface area contributed by atoms with Crippen LogP contribution in [0.2, 0.25) is 0 Å². The highest BCUT2D eigenvalue weighted by molar-refractivity contribution is 7.57. The predicted molar refractivity (Wildman–Crippen MR) is 91.2 cm³/mol. The zero-order valence-electron chi connectivity index (χ0n) is 13.3. The number of rotatable bonds is 4. The molecule has 0 unspecified atom stereocenters. The molecule has 0 atom stereocenters. The number of piperidine rings is 2. The summed E-state index contributed by atoms with van der Waals surface area (Å²) in [6.45, 7) is 7.36. The van der Waals surface area contributed by atoms with Crippen LogP contribution in [0, 0.1) is 11.8 Å². The molecule has 2 aliphatic heterocycles. The Morgan fingerprint density at radius 2 is 1.36 bits per heavy atom. The molecule has 2 aliphatic rings. The average molecular weight is 370 g/mol. The largest absolute Gasteiger partial charge is 0.310 e. The van der Waals surface area contributed by atoms with Crippen molar-refractivity contribution in [2.24, 2.45) is 11.8 Å². The van der Waals surface area contributed by atoms with Crippen LogP contribution in [0.25, 0.3) is 0 Å². The Hall–Kier alpha value is 0.200. The van der Waals surface area contributed by atoms with Crippen LogP contribution in [0.5, 0.6) is 0 Å². The first-order valence-corrected chi connectivity index (χ1v) is 10.5. The molecular formula is C14H26Cl2N3O2P. The molecule has 0 spiro atoms. The van der Waals surface area contributed by atoms with Crippen molar-refractivity contribution in [3.8, 4) is 0 Å². The van der Waals surface area contributed by atoms with Crippen molar-refractivity contribution in [2.75, 3.05) is 26.2 Å². The lowest BCUT2D eigenvalue weighted by Gasteiger charge is -2.43. The summed E-state index contributed by atoms with van der Waals surface area (Å²) >= 11 is 11.3. The number of nitrogens with zero attached hydrogens (tertiary/aromatic N) is 2. The lowest BCUT2D eigenvalue weighted by atomic mass is 10.0. The Morgan fingerprint density at radius 3 is 1.68 bits per heavy atom. The van der Waals surface area contributed by atoms with Crippen molar-refractivity contribution in [3.05, 3.63) is 0 Å². The van der Waals surface area contributed by atoms with Gasteiger partial charge in [0.1, 0.15) is 0 Å². The van der Waals surface area contributed by atoms with E-state index in [1.165, 1.54) is 0 Å². The average Bonchev–Trinajstić information content (AvgIpc) is 2.48. The summed E-state index contributed by atoms with van der Waals surface area (Å²) in [6, 6.07) is 0. The zero-order valence-corrected chi connectivity index (χ0v) is 15.7. The molecule has 0 aromatic carbocycles. The van der Waals surface area contributed by atoms with E-state index >= 15 is 0 Å². The van der Waals surface area contributed by atoms with Crippen LogP contribution >= 0.6 is 30.8 Å². The fourth-order valence-electron chi connectivity index (χ4n) is 3.04. The first-order chi connectivity index (χ1) is 10.3. The molecule has 128 valence electrons. The Balaban J connectivity index is 2.16. The van der Waals surface area contributed by atoms with Crippen LogP contribution in [-0.2, 0) is 9.36 Å². The van der Waals surface area contributed by atoms with Gasteiger partial charge in [0.2, 0.25) is 0 Å². The second-order valence-electron chi connectivity index (χ2n) is 6.59. The maximum Gasteiger partial charge on any atom is 0.310 e. The Morgan fingerprint density at radius 1 is 1.00 bits per heavy atom. The molecule has 0 saturated carbocycles. The number of carbonyl (C=O) groups is 1. The van der Waals surface area contributed by atoms with Crippen LogP contribution in [0.3, 0.4) is 0 Å². The molecule has 0 aliphatic carbocycles. The van der Waals surface area contributed by atoms with Crippen LogP contribution in [-0.4, -0.2) is 46.3 Å². The van der Waals surface area contributed by atoms with Crippen molar-refractivity contribution >= 4 is 36.7 Å². The number of nitrogens with one attached hydrogen (secondary N) is 1. The third-order valence-corrected chi connectivity index (χ3v) is 7.98. The molecule has 0 radical (unpaired) electrons. The monoisotopic (exact) mass is 369 g/mol. The Bertz CT molecular complexity index is 408. The zero-order chi connectivity index (χ0) is 16.3. The van der Waals surface area contributed by atoms with E-state index < -0.39 is 18.3 Å². The van der Waals surface area contributed by atoms with Gasteiger partial charge >= 0.3 is 7.59 Å². The van der Waals surface area contributed by atoms with Crippen molar-refractivity contribution in [2.45, 2.75) is 44.4 Å². The number of amides is 1. The number of carbonyl (C=O) groups excluding carboxylic acids is 1. The van der Waals surface area contributed by atoms with Gasteiger partial charge in [-0.1, -0.05) is 37.0 Å². The minimum Gasteiger partial charge on any atom is -0.280 e. The second kappa shape index (κ2) is 7.85. The third kappa shape index (κ3) is 4.39. The van der Waals surface area contributed by atoms with Gasteiger partial charge in [0.25, 0.3) is 5.91 Å². The van der Waals surface area contributed by atoms with Crippen molar-refractivity contribution in [3.63, 3.8) is 0 Å². The van der Waals surface area contributed by atoms with Crippen molar-refractivity contribution in [1.82, 2.24) is 14.4 Å². The number of hydrogen-bond donors (Lipinski definition) is 1. The highest BCUT2D eigenvalue weighted by Crippen LogP contribution is 2.52. The quantitative estimate of drug-likeness (QED) is 0.608. The minimum absolute atomic E-state index is 0.566. The van der Waals surface area contributed by atoms with Gasteiger partial charge in [0.15, 0.2) is 4.84 Å². The molecule has 2 saturated heterocycles. The molecular weight excluding hydrogens is 344 g/mol. The molecule has 0 aromatic heterocycles. The van der Waals surface area contributed by atoms with E-state index in [1.54, 1.807) is 0 Å². The molecule has 2 fully saturated rings. The lowest BCUT2D eigenvalue weighted by Crippen LogP contribution is -2.46. The maximum absolute atomic E-state index is 13.7. The van der Waals surface area contributed by atoms with E-state index in [2.05, 4.69) is 18.9 Å². The molecule has 2 rings (SSSR count). The number of halogens is 2. The Kier molecular flexibility index (Phi) is 6.61. The van der Waals surface area contributed by atoms with E-state index in [4.69, 9.17) is 23.2 Å². The fraction of sp³-hybridized carbons (Fsp3) is 0.929. The summed E-state index contributed by atoms with van der Waals surface area (Å²) in [5, 5.41) is 2.67. The number of hydrogen-bond acceptors (Lipinski definition) is 2. The van der Waals surface area contributed by atoms with Crippen LogP contribution in [0.1, 0.15) is 39.5 Å². The number of alkyl halides is 2. The normalized spacial score (nSPS) is 23.9. The van der Waals surface area contributed by atoms with Crippen LogP contribution < -0.4 is 5.09 Å². The van der Waals surface area contributed by atoms with Gasteiger partial charge in [0, 0.05) is 26.2 Å². The summed E-state index contributed by atoms with van der Waals surface area (Å²) in [5.41, 5.74) is 0. The molecule has 8 heteroatoms. The van der Waals surface area contributed by atoms with Gasteiger partial charge < -0.3 is 0 Å². The summed E-state index contributed by atoms with van der Waals surface area (Å²) in [7, 11) is -3.13. The van der Waals surface area contributed by atoms with E-state index in [-0.39, 0.29) is 0 Å². The molecule has 1 N–H and O–H groups in total. The van der Waals surface area contributed by atoms with Gasteiger partial charge in [-0.05, 0) is 37.5 Å². The highest BCUT2D eigenvalue weighted by atomic mass is 35.5. The first kappa shape index (κ1) is 18.5. The Labute approximate surface area is 143 Å². The summed E-state index contributed by atoms with van der Waals surface area (Å²) in [6.07, 6.45) is 3.98. The van der Waals surface area contributed by atoms with Crippen molar-refractivity contribution in [1.29, 1.82) is 0 Å². The van der Waals surface area contributed by atoms with Gasteiger partial charge in [-0.2, -0.15) is 0 Å². The first-order valence-electron chi connectivity index (χ1n) is 8.04. The topological polar surface area (TPSA) is 52.7 Å². The van der Waals surface area contributed by atoms with Gasteiger partial charge in [-0.25, -0.2) is 9.34 Å². The maximum atomic E-state index is 13.7. The molecule has 2 heterocycles. The molecule has 0 aromatic rings. The van der Waals surface area contributed by atoms with Crippen LogP contribution in [0.15, 0.2) is 0 Å². The summed E-state index contributed by atoms with van der Waals surface area (Å²) < 4.78 is 17.5. The summed E-state index contributed by atoms with van der Waals surface area (Å²) in [5.74, 6) is 0.704. The third-order valence-electron chi connectivity index (χ3n) is 4.74. The second-order valence-corrected chi connectivity index (χ2v) is 10.1. The lowest BCUT2D eigenvalue weighted by molar-refractivity contribution is -0.118. The van der Waals surface area contributed by atoms with E-state index in [0.717, 1.165) is 51.9 Å². The van der Waals surface area contributed by atoms with E-state index in [9.17, 15) is 9.36 Å². The predicted octanol–water partition coefficient (Wildman–Crippen LogP) is 3.48. The van der Waals surface area contributed by atoms with Gasteiger partial charge in [0.05, 0.1) is 0 Å². The minimum atomic E-state index is -3.13. The standard InChI is InChI=1S/C14H26Cl2N3O2P/c1-11-3-7-18(8-4-11)22(21,17-14(20)13(15)16)19-9-5-12(2)6-10-19/h11-13H,3-10H2,1-2H3,(H,17,20,21). The fourth-order valence-corrected chi connectivity index (χ4v) is 5.91.